The van der Waals surface area contributed by atoms with Crippen LogP contribution in [0, 0.1) is 6.92 Å². The standard InChI is InChI=1S/C25H20Cl2N2O4S/c1-15-20(13-24(30)33-34-14-18-4-3-5-23(27)28-18)21-12-19(32-2)10-11-22(21)29(15)25(31)16-6-8-17(26)9-7-16/h3-12H,13-14H2,1-2H3. The van der Waals surface area contributed by atoms with Crippen LogP contribution >= 0.6 is 35.2 Å². The molecule has 2 aromatic heterocycles. The van der Waals surface area contributed by atoms with Crippen molar-refractivity contribution in [2.75, 3.05) is 7.11 Å². The number of nitrogens with zero attached hydrogens (tertiary/aromatic N) is 2. The molecular weight excluding hydrogens is 495 g/mol. The number of benzene rings is 2. The average Bonchev–Trinajstić information content (AvgIpc) is 3.09. The molecule has 0 bridgehead atoms. The molecule has 0 fully saturated rings. The van der Waals surface area contributed by atoms with Crippen LogP contribution in [0.25, 0.3) is 10.9 Å². The highest BCUT2D eigenvalue weighted by Crippen LogP contribution is 2.31. The predicted molar refractivity (Wildman–Crippen MR) is 135 cm³/mol. The Hall–Kier alpha value is -3.00. The molecule has 2 aromatic carbocycles. The Kier molecular flexibility index (Phi) is 7.46. The van der Waals surface area contributed by atoms with Crippen molar-refractivity contribution in [1.29, 1.82) is 0 Å². The number of methoxy groups -OCH3 is 1. The van der Waals surface area contributed by atoms with E-state index in [0.29, 0.717) is 49.7 Å². The minimum absolute atomic E-state index is 0.00757. The molecule has 4 aromatic rings. The van der Waals surface area contributed by atoms with E-state index in [-0.39, 0.29) is 12.3 Å². The monoisotopic (exact) mass is 514 g/mol. The number of hydrogen-bond acceptors (Lipinski definition) is 6. The Balaban J connectivity index is 1.61. The Morgan fingerprint density at radius 3 is 2.53 bits per heavy atom. The molecule has 0 unspecified atom stereocenters. The topological polar surface area (TPSA) is 70.4 Å². The molecular formula is C25H20Cl2N2O4S. The van der Waals surface area contributed by atoms with Gasteiger partial charge in [0.1, 0.15) is 10.9 Å². The van der Waals surface area contributed by atoms with Gasteiger partial charge in [-0.1, -0.05) is 29.3 Å². The van der Waals surface area contributed by atoms with Gasteiger partial charge in [0.2, 0.25) is 0 Å². The zero-order valence-electron chi connectivity index (χ0n) is 18.4. The summed E-state index contributed by atoms with van der Waals surface area (Å²) in [7, 11) is 1.57. The number of pyridine rings is 1. The quantitative estimate of drug-likeness (QED) is 0.213. The van der Waals surface area contributed by atoms with Crippen LogP contribution in [0.5, 0.6) is 5.75 Å². The molecule has 9 heteroatoms. The number of rotatable bonds is 7. The van der Waals surface area contributed by atoms with Gasteiger partial charge in [-0.25, -0.2) is 4.98 Å². The molecule has 0 N–H and O–H groups in total. The Labute approximate surface area is 211 Å². The van der Waals surface area contributed by atoms with Crippen LogP contribution in [-0.4, -0.2) is 28.5 Å². The van der Waals surface area contributed by atoms with Crippen LogP contribution in [-0.2, 0) is 21.2 Å². The normalized spacial score (nSPS) is 10.9. The molecule has 2 heterocycles. The van der Waals surface area contributed by atoms with E-state index in [1.807, 2.05) is 19.1 Å². The van der Waals surface area contributed by atoms with E-state index in [9.17, 15) is 9.59 Å². The summed E-state index contributed by atoms with van der Waals surface area (Å²) in [5.74, 6) is 0.344. The fourth-order valence-corrected chi connectivity index (χ4v) is 4.49. The van der Waals surface area contributed by atoms with Crippen LogP contribution in [0.3, 0.4) is 0 Å². The molecule has 34 heavy (non-hydrogen) atoms. The Morgan fingerprint density at radius 1 is 1.06 bits per heavy atom. The third-order valence-corrected chi connectivity index (χ3v) is 6.47. The molecule has 0 radical (unpaired) electrons. The highest BCUT2D eigenvalue weighted by atomic mass is 35.5. The minimum Gasteiger partial charge on any atom is -0.497 e. The van der Waals surface area contributed by atoms with Gasteiger partial charge in [-0.2, -0.15) is 0 Å². The van der Waals surface area contributed by atoms with Crippen LogP contribution in [0.1, 0.15) is 27.3 Å². The predicted octanol–water partition coefficient (Wildman–Crippen LogP) is 6.28. The van der Waals surface area contributed by atoms with E-state index in [4.69, 9.17) is 32.1 Å². The Morgan fingerprint density at radius 2 is 1.82 bits per heavy atom. The van der Waals surface area contributed by atoms with Gasteiger partial charge in [0, 0.05) is 21.7 Å². The van der Waals surface area contributed by atoms with Crippen LogP contribution < -0.4 is 4.74 Å². The van der Waals surface area contributed by atoms with Crippen molar-refractivity contribution in [3.05, 3.63) is 93.4 Å². The summed E-state index contributed by atoms with van der Waals surface area (Å²) in [6, 6.07) is 17.4. The second-order valence-corrected chi connectivity index (χ2v) is 8.96. The molecule has 0 aliphatic carbocycles. The number of carbonyl (C=O) groups is 2. The van der Waals surface area contributed by atoms with Gasteiger partial charge in [-0.3, -0.25) is 14.2 Å². The van der Waals surface area contributed by atoms with Gasteiger partial charge in [0.25, 0.3) is 5.91 Å². The molecule has 0 amide bonds. The van der Waals surface area contributed by atoms with Crippen molar-refractivity contribution >= 4 is 58.0 Å². The average molecular weight is 515 g/mol. The fourth-order valence-electron chi connectivity index (χ4n) is 3.66. The first-order chi connectivity index (χ1) is 16.4. The summed E-state index contributed by atoms with van der Waals surface area (Å²) < 4.78 is 12.3. The van der Waals surface area contributed by atoms with Crippen molar-refractivity contribution in [2.24, 2.45) is 0 Å². The SMILES string of the molecule is COc1ccc2c(c1)c(CC(=O)OSCc1cccc(Cl)n1)c(C)n2C(=O)c1ccc(Cl)cc1. The Bertz CT molecular complexity index is 1370. The molecule has 0 aliphatic heterocycles. The van der Waals surface area contributed by atoms with Crippen molar-refractivity contribution in [2.45, 2.75) is 19.1 Å². The minimum atomic E-state index is -0.434. The molecule has 0 saturated heterocycles. The maximum Gasteiger partial charge on any atom is 0.322 e. The molecule has 6 nitrogen and oxygen atoms in total. The van der Waals surface area contributed by atoms with Crippen LogP contribution in [0.15, 0.2) is 60.7 Å². The zero-order chi connectivity index (χ0) is 24.2. The lowest BCUT2D eigenvalue weighted by Crippen LogP contribution is -2.14. The first-order valence-electron chi connectivity index (χ1n) is 10.3. The van der Waals surface area contributed by atoms with E-state index in [0.717, 1.165) is 17.4 Å². The number of halogens is 2. The molecule has 0 atom stereocenters. The highest BCUT2D eigenvalue weighted by Gasteiger charge is 2.22. The van der Waals surface area contributed by atoms with Gasteiger partial charge in [0.05, 0.1) is 42.5 Å². The fraction of sp³-hybridized carbons (Fsp3) is 0.160. The van der Waals surface area contributed by atoms with Crippen LogP contribution in [0.4, 0.5) is 0 Å². The number of carbonyl (C=O) groups excluding carboxylic acids is 2. The maximum absolute atomic E-state index is 13.4. The maximum atomic E-state index is 13.4. The lowest BCUT2D eigenvalue weighted by atomic mass is 10.1. The van der Waals surface area contributed by atoms with Crippen molar-refractivity contribution in [3.8, 4) is 5.75 Å². The lowest BCUT2D eigenvalue weighted by Gasteiger charge is -2.08. The van der Waals surface area contributed by atoms with Gasteiger partial charge < -0.3 is 8.92 Å². The van der Waals surface area contributed by atoms with Gasteiger partial charge in [-0.15, -0.1) is 0 Å². The van der Waals surface area contributed by atoms with E-state index in [1.165, 1.54) is 0 Å². The lowest BCUT2D eigenvalue weighted by molar-refractivity contribution is -0.132. The molecule has 0 saturated carbocycles. The van der Waals surface area contributed by atoms with E-state index < -0.39 is 5.97 Å². The summed E-state index contributed by atoms with van der Waals surface area (Å²) in [6.45, 7) is 1.81. The second-order valence-electron chi connectivity index (χ2n) is 7.44. The van der Waals surface area contributed by atoms with Crippen molar-refractivity contribution in [1.82, 2.24) is 9.55 Å². The molecule has 174 valence electrons. The number of aromatic nitrogens is 2. The number of hydrogen-bond donors (Lipinski definition) is 0. The number of fused-ring (bicyclic) bond motifs is 1. The number of ether oxygens (including phenoxy) is 1. The highest BCUT2D eigenvalue weighted by molar-refractivity contribution is 7.94. The van der Waals surface area contributed by atoms with Gasteiger partial charge >= 0.3 is 5.97 Å². The van der Waals surface area contributed by atoms with Crippen molar-refractivity contribution < 1.29 is 18.5 Å². The summed E-state index contributed by atoms with van der Waals surface area (Å²) in [5.41, 5.74) is 3.22. The third-order valence-electron chi connectivity index (χ3n) is 5.29. The molecule has 0 aliphatic rings. The smallest absolute Gasteiger partial charge is 0.322 e. The largest absolute Gasteiger partial charge is 0.497 e. The van der Waals surface area contributed by atoms with Crippen molar-refractivity contribution in [3.63, 3.8) is 0 Å². The van der Waals surface area contributed by atoms with Crippen LogP contribution in [0.2, 0.25) is 10.2 Å². The second kappa shape index (κ2) is 10.5. The molecule has 4 rings (SSSR count). The van der Waals surface area contributed by atoms with E-state index in [1.54, 1.807) is 60.2 Å². The summed E-state index contributed by atoms with van der Waals surface area (Å²) >= 11 is 12.9. The van der Waals surface area contributed by atoms with Gasteiger partial charge in [0.15, 0.2) is 0 Å². The summed E-state index contributed by atoms with van der Waals surface area (Å²) in [6.07, 6.45) is -0.00757. The zero-order valence-corrected chi connectivity index (χ0v) is 20.7. The first-order valence-corrected chi connectivity index (χ1v) is 12.0. The summed E-state index contributed by atoms with van der Waals surface area (Å²) in [5, 5.41) is 1.68. The summed E-state index contributed by atoms with van der Waals surface area (Å²) in [4.78, 5) is 30.2. The van der Waals surface area contributed by atoms with Gasteiger partial charge in [-0.05, 0) is 67.1 Å². The molecule has 0 spiro atoms. The third kappa shape index (κ3) is 5.22. The van der Waals surface area contributed by atoms with E-state index in [2.05, 4.69) is 4.98 Å². The van der Waals surface area contributed by atoms with E-state index >= 15 is 0 Å². The first kappa shape index (κ1) is 24.1.